The van der Waals surface area contributed by atoms with E-state index in [0.29, 0.717) is 0 Å². The van der Waals surface area contributed by atoms with Gasteiger partial charge in [-0.1, -0.05) is 0 Å². The lowest BCUT2D eigenvalue weighted by Crippen LogP contribution is -2.07. The van der Waals surface area contributed by atoms with E-state index in [9.17, 15) is 17.2 Å². The molecule has 0 aliphatic heterocycles. The number of pyridine rings is 1. The number of ether oxygens (including phenoxy) is 1. The fourth-order valence-electron chi connectivity index (χ4n) is 0.735. The number of hydrogen-bond donors (Lipinski definition) is 0. The average Bonchev–Trinajstić information content (AvgIpc) is 2.01. The molecule has 0 saturated carbocycles. The maximum atomic E-state index is 11.8. The van der Waals surface area contributed by atoms with Gasteiger partial charge in [0.1, 0.15) is 4.90 Å². The van der Waals surface area contributed by atoms with E-state index in [0.717, 1.165) is 12.3 Å². The Morgan fingerprint density at radius 2 is 2.14 bits per heavy atom. The monoisotopic (exact) mass is 243 g/mol. The van der Waals surface area contributed by atoms with Gasteiger partial charge in [-0.2, -0.15) is 8.78 Å². The van der Waals surface area contributed by atoms with Crippen LogP contribution in [0.5, 0.6) is 5.88 Å². The molecule has 1 rings (SSSR count). The minimum absolute atomic E-state index is 0.582. The largest absolute Gasteiger partial charge is 0.415 e. The van der Waals surface area contributed by atoms with Gasteiger partial charge >= 0.3 is 6.61 Å². The van der Waals surface area contributed by atoms with Crippen LogP contribution in [0.15, 0.2) is 23.2 Å². The van der Waals surface area contributed by atoms with Crippen molar-refractivity contribution < 1.29 is 21.9 Å². The minimum atomic E-state index is -4.13. The summed E-state index contributed by atoms with van der Waals surface area (Å²) < 4.78 is 49.1. The molecule has 8 heteroatoms. The van der Waals surface area contributed by atoms with Crippen molar-refractivity contribution in [1.29, 1.82) is 0 Å². The maximum Gasteiger partial charge on any atom is 0.388 e. The third-order valence-electron chi connectivity index (χ3n) is 1.20. The summed E-state index contributed by atoms with van der Waals surface area (Å²) in [7, 11) is 0.827. The molecule has 0 amide bonds. The zero-order valence-electron chi connectivity index (χ0n) is 6.52. The van der Waals surface area contributed by atoms with Crippen LogP contribution in [0.3, 0.4) is 0 Å². The first-order valence-electron chi connectivity index (χ1n) is 3.26. The van der Waals surface area contributed by atoms with Crippen molar-refractivity contribution in [2.75, 3.05) is 0 Å². The molecule has 0 radical (unpaired) electrons. The van der Waals surface area contributed by atoms with Crippen molar-refractivity contribution in [1.82, 2.24) is 4.98 Å². The summed E-state index contributed by atoms with van der Waals surface area (Å²) in [4.78, 5) is 2.74. The first-order chi connectivity index (χ1) is 6.41. The second kappa shape index (κ2) is 4.05. The van der Waals surface area contributed by atoms with Crippen LogP contribution in [-0.2, 0) is 9.05 Å². The molecule has 0 fully saturated rings. The number of nitrogens with zero attached hydrogens (tertiary/aromatic N) is 1. The number of rotatable bonds is 3. The van der Waals surface area contributed by atoms with Gasteiger partial charge in [-0.05, 0) is 12.1 Å². The lowest BCUT2D eigenvalue weighted by atomic mass is 10.5. The fraction of sp³-hybridized carbons (Fsp3) is 0.167. The van der Waals surface area contributed by atoms with Gasteiger partial charge in [0, 0.05) is 16.9 Å². The number of aromatic nitrogens is 1. The van der Waals surface area contributed by atoms with Gasteiger partial charge in [-0.15, -0.1) is 0 Å². The van der Waals surface area contributed by atoms with E-state index in [1.807, 2.05) is 0 Å². The third kappa shape index (κ3) is 2.78. The molecule has 0 saturated heterocycles. The van der Waals surface area contributed by atoms with Gasteiger partial charge in [0.2, 0.25) is 5.88 Å². The van der Waals surface area contributed by atoms with Crippen molar-refractivity contribution in [3.8, 4) is 5.88 Å². The molecule has 0 spiro atoms. The molecule has 1 heterocycles. The van der Waals surface area contributed by atoms with Gasteiger partial charge in [-0.25, -0.2) is 13.4 Å². The highest BCUT2D eigenvalue weighted by Crippen LogP contribution is 2.24. The van der Waals surface area contributed by atoms with Crippen molar-refractivity contribution in [3.63, 3.8) is 0 Å². The Kier molecular flexibility index (Phi) is 3.22. The first-order valence-corrected chi connectivity index (χ1v) is 5.56. The molecular weight excluding hydrogens is 240 g/mol. The Hall–Kier alpha value is -0.950. The summed E-state index contributed by atoms with van der Waals surface area (Å²) in [6.45, 7) is -3.15. The van der Waals surface area contributed by atoms with E-state index in [-0.39, 0.29) is 0 Å². The van der Waals surface area contributed by atoms with Crippen LogP contribution in [0.4, 0.5) is 8.78 Å². The molecule has 14 heavy (non-hydrogen) atoms. The van der Waals surface area contributed by atoms with Crippen molar-refractivity contribution >= 4 is 19.7 Å². The summed E-state index contributed by atoms with van der Waals surface area (Å²) in [5.41, 5.74) is 0. The van der Waals surface area contributed by atoms with Gasteiger partial charge in [-0.3, -0.25) is 0 Å². The van der Waals surface area contributed by atoms with Crippen LogP contribution in [0.2, 0.25) is 0 Å². The highest BCUT2D eigenvalue weighted by Gasteiger charge is 2.19. The second-order valence-corrected chi connectivity index (χ2v) is 4.66. The lowest BCUT2D eigenvalue weighted by Gasteiger charge is -2.05. The molecule has 4 nitrogen and oxygen atoms in total. The summed E-state index contributed by atoms with van der Waals surface area (Å²) >= 11 is 0. The van der Waals surface area contributed by atoms with E-state index in [2.05, 4.69) is 9.72 Å². The quantitative estimate of drug-likeness (QED) is 0.757. The Labute approximate surface area is 82.9 Å². The highest BCUT2D eigenvalue weighted by atomic mass is 35.7. The van der Waals surface area contributed by atoms with Crippen molar-refractivity contribution in [3.05, 3.63) is 18.3 Å². The predicted octanol–water partition coefficient (Wildman–Crippen LogP) is 1.61. The lowest BCUT2D eigenvalue weighted by molar-refractivity contribution is -0.0548. The molecule has 0 aliphatic rings. The smallest absolute Gasteiger partial charge is 0.388 e. The van der Waals surface area contributed by atoms with Gasteiger partial charge in [0.15, 0.2) is 0 Å². The van der Waals surface area contributed by atoms with Crippen LogP contribution < -0.4 is 4.74 Å². The first kappa shape index (κ1) is 11.1. The molecule has 0 N–H and O–H groups in total. The molecular formula is C6H4ClF2NO3S. The molecule has 78 valence electrons. The zero-order valence-corrected chi connectivity index (χ0v) is 8.10. The Balaban J connectivity index is 3.17. The maximum absolute atomic E-state index is 11.8. The van der Waals surface area contributed by atoms with E-state index in [1.54, 1.807) is 0 Å². The molecule has 0 bridgehead atoms. The number of halogens is 3. The Bertz CT molecular complexity index is 423. The zero-order chi connectivity index (χ0) is 10.8. The Morgan fingerprint density at radius 3 is 2.64 bits per heavy atom. The van der Waals surface area contributed by atoms with Crippen LogP contribution in [-0.4, -0.2) is 20.0 Å². The van der Waals surface area contributed by atoms with Gasteiger partial charge in [0.25, 0.3) is 9.05 Å². The van der Waals surface area contributed by atoms with E-state index in [1.165, 1.54) is 6.07 Å². The standard InChI is InChI=1S/C6H4ClF2NO3S/c7-14(11,12)4-2-1-3-10-5(4)13-6(8)9/h1-3,6H. The topological polar surface area (TPSA) is 56.3 Å². The highest BCUT2D eigenvalue weighted by molar-refractivity contribution is 8.13. The third-order valence-corrected chi connectivity index (χ3v) is 2.53. The Morgan fingerprint density at radius 1 is 1.50 bits per heavy atom. The van der Waals surface area contributed by atoms with Crippen LogP contribution >= 0.6 is 10.7 Å². The molecule has 1 aromatic heterocycles. The van der Waals surface area contributed by atoms with Gasteiger partial charge in [0.05, 0.1) is 0 Å². The van der Waals surface area contributed by atoms with Crippen LogP contribution in [0, 0.1) is 0 Å². The van der Waals surface area contributed by atoms with E-state index < -0.39 is 26.4 Å². The van der Waals surface area contributed by atoms with E-state index >= 15 is 0 Å². The van der Waals surface area contributed by atoms with Crippen LogP contribution in [0.25, 0.3) is 0 Å². The summed E-state index contributed by atoms with van der Waals surface area (Å²) in [5, 5.41) is 0. The summed E-state index contributed by atoms with van der Waals surface area (Å²) in [6, 6.07) is 2.26. The van der Waals surface area contributed by atoms with Crippen LogP contribution in [0.1, 0.15) is 0 Å². The number of hydrogen-bond acceptors (Lipinski definition) is 4. The van der Waals surface area contributed by atoms with Crippen molar-refractivity contribution in [2.45, 2.75) is 11.5 Å². The molecule has 0 unspecified atom stereocenters. The minimum Gasteiger partial charge on any atom is -0.415 e. The normalized spacial score (nSPS) is 11.7. The molecule has 1 aromatic rings. The molecule has 0 atom stereocenters. The fourth-order valence-corrected chi connectivity index (χ4v) is 1.64. The summed E-state index contributed by atoms with van der Waals surface area (Å²) in [5.74, 6) is -0.711. The predicted molar refractivity (Wildman–Crippen MR) is 43.9 cm³/mol. The molecule has 0 aliphatic carbocycles. The number of alkyl halides is 2. The van der Waals surface area contributed by atoms with Crippen molar-refractivity contribution in [2.24, 2.45) is 0 Å². The van der Waals surface area contributed by atoms with E-state index in [4.69, 9.17) is 10.7 Å². The second-order valence-electron chi connectivity index (χ2n) is 2.12. The van der Waals surface area contributed by atoms with Gasteiger partial charge < -0.3 is 4.74 Å². The molecule has 0 aromatic carbocycles. The average molecular weight is 244 g/mol. The summed E-state index contributed by atoms with van der Waals surface area (Å²) in [6.07, 6.45) is 1.11. The SMILES string of the molecule is O=S(=O)(Cl)c1cccnc1OC(F)F.